The fraction of sp³-hybridized carbons (Fsp3) is 0.464. The van der Waals surface area contributed by atoms with Crippen LogP contribution in [-0.2, 0) is 14.3 Å². The summed E-state index contributed by atoms with van der Waals surface area (Å²) in [5, 5.41) is 15.0. The van der Waals surface area contributed by atoms with Crippen LogP contribution in [0, 0.1) is 5.92 Å². The molecule has 0 spiro atoms. The van der Waals surface area contributed by atoms with E-state index in [1.807, 2.05) is 38.1 Å². The average Bonchev–Trinajstić information content (AvgIpc) is 3.16. The molecule has 1 atom stereocenters. The zero-order chi connectivity index (χ0) is 25.0. The van der Waals surface area contributed by atoms with Crippen molar-refractivity contribution in [1.29, 1.82) is 0 Å². The Morgan fingerprint density at radius 3 is 2.09 bits per heavy atom. The number of benzene rings is 2. The number of amides is 2. The third-order valence-corrected chi connectivity index (χ3v) is 7.34. The lowest BCUT2D eigenvalue weighted by Gasteiger charge is -2.37. The summed E-state index contributed by atoms with van der Waals surface area (Å²) in [7, 11) is 0. The van der Waals surface area contributed by atoms with Crippen LogP contribution in [0.4, 0.5) is 4.79 Å². The van der Waals surface area contributed by atoms with Crippen LogP contribution >= 0.6 is 0 Å². The number of carboxylic acids is 1. The smallest absolute Gasteiger partial charge is 0.408 e. The second-order valence-corrected chi connectivity index (χ2v) is 10.0. The first-order valence-corrected chi connectivity index (χ1v) is 12.5. The van der Waals surface area contributed by atoms with Gasteiger partial charge in [0.15, 0.2) is 0 Å². The Morgan fingerprint density at radius 1 is 0.971 bits per heavy atom. The lowest BCUT2D eigenvalue weighted by molar-refractivity contribution is -0.138. The summed E-state index contributed by atoms with van der Waals surface area (Å²) in [6, 6.07) is 15.8. The molecule has 2 aliphatic carbocycles. The van der Waals surface area contributed by atoms with E-state index in [1.54, 1.807) is 0 Å². The molecule has 0 heterocycles. The lowest BCUT2D eigenvalue weighted by atomic mass is 9.80. The Bertz CT molecular complexity index is 1040. The third-order valence-electron chi connectivity index (χ3n) is 7.34. The monoisotopic (exact) mass is 478 g/mol. The van der Waals surface area contributed by atoms with Gasteiger partial charge in [0.25, 0.3) is 0 Å². The molecular weight excluding hydrogens is 444 g/mol. The molecule has 2 amide bonds. The summed E-state index contributed by atoms with van der Waals surface area (Å²) in [5.74, 6) is -1.41. The topological polar surface area (TPSA) is 105 Å². The maximum atomic E-state index is 13.4. The van der Waals surface area contributed by atoms with E-state index in [-0.39, 0.29) is 30.8 Å². The second kappa shape index (κ2) is 10.5. The van der Waals surface area contributed by atoms with Crippen LogP contribution in [0.2, 0.25) is 0 Å². The Kier molecular flexibility index (Phi) is 7.43. The fourth-order valence-electron chi connectivity index (χ4n) is 5.34. The van der Waals surface area contributed by atoms with Gasteiger partial charge in [0, 0.05) is 12.0 Å². The lowest BCUT2D eigenvalue weighted by Crippen LogP contribution is -2.61. The van der Waals surface area contributed by atoms with Crippen molar-refractivity contribution >= 4 is 18.0 Å². The fourth-order valence-corrected chi connectivity index (χ4v) is 5.34. The predicted molar refractivity (Wildman–Crippen MR) is 133 cm³/mol. The first kappa shape index (κ1) is 24.8. The van der Waals surface area contributed by atoms with Crippen LogP contribution in [0.25, 0.3) is 11.1 Å². The van der Waals surface area contributed by atoms with Crippen LogP contribution in [0.5, 0.6) is 0 Å². The van der Waals surface area contributed by atoms with Gasteiger partial charge in [-0.1, -0.05) is 81.6 Å². The molecule has 2 aromatic carbocycles. The van der Waals surface area contributed by atoms with Gasteiger partial charge in [0.2, 0.25) is 5.91 Å². The summed E-state index contributed by atoms with van der Waals surface area (Å²) in [5.41, 5.74) is 3.46. The van der Waals surface area contributed by atoms with Crippen LogP contribution in [0.3, 0.4) is 0 Å². The van der Waals surface area contributed by atoms with Crippen molar-refractivity contribution in [1.82, 2.24) is 10.6 Å². The molecule has 35 heavy (non-hydrogen) atoms. The highest BCUT2D eigenvalue weighted by molar-refractivity contribution is 5.90. The molecule has 7 heteroatoms. The number of hydrogen-bond acceptors (Lipinski definition) is 4. The zero-order valence-electron chi connectivity index (χ0n) is 20.4. The Labute approximate surface area is 206 Å². The minimum atomic E-state index is -1.09. The van der Waals surface area contributed by atoms with Gasteiger partial charge in [0.05, 0.1) is 6.42 Å². The first-order valence-electron chi connectivity index (χ1n) is 12.5. The van der Waals surface area contributed by atoms with Gasteiger partial charge in [-0.25, -0.2) is 4.79 Å². The van der Waals surface area contributed by atoms with Crippen molar-refractivity contribution in [3.05, 3.63) is 59.7 Å². The minimum Gasteiger partial charge on any atom is -0.481 e. The molecule has 0 bridgehead atoms. The van der Waals surface area contributed by atoms with Crippen molar-refractivity contribution in [2.24, 2.45) is 5.92 Å². The van der Waals surface area contributed by atoms with Crippen LogP contribution in [-0.4, -0.2) is 41.3 Å². The van der Waals surface area contributed by atoms with Crippen molar-refractivity contribution in [3.8, 4) is 11.1 Å². The number of carboxylic acid groups (broad SMARTS) is 1. The van der Waals surface area contributed by atoms with Gasteiger partial charge in [-0.15, -0.1) is 0 Å². The van der Waals surface area contributed by atoms with E-state index >= 15 is 0 Å². The SMILES string of the molecule is CC(C)[C@H](CC(=O)O)NC(=O)C1(NC(=O)OCC2c3ccccc3-c3ccccc32)CCCCC1. The van der Waals surface area contributed by atoms with E-state index in [0.717, 1.165) is 41.5 Å². The predicted octanol–water partition coefficient (Wildman–Crippen LogP) is 4.84. The van der Waals surface area contributed by atoms with Crippen LogP contribution in [0.15, 0.2) is 48.5 Å². The summed E-state index contributed by atoms with van der Waals surface area (Å²) >= 11 is 0. The number of nitrogens with one attached hydrogen (secondary N) is 2. The highest BCUT2D eigenvalue weighted by Crippen LogP contribution is 2.44. The Hall–Kier alpha value is -3.35. The number of hydrogen-bond donors (Lipinski definition) is 3. The van der Waals surface area contributed by atoms with Gasteiger partial charge >= 0.3 is 12.1 Å². The number of carbonyl (C=O) groups is 3. The number of fused-ring (bicyclic) bond motifs is 3. The van der Waals surface area contributed by atoms with Gasteiger partial charge in [-0.2, -0.15) is 0 Å². The van der Waals surface area contributed by atoms with E-state index < -0.39 is 23.6 Å². The van der Waals surface area contributed by atoms with Gasteiger partial charge in [-0.3, -0.25) is 9.59 Å². The Balaban J connectivity index is 1.46. The molecule has 1 fully saturated rings. The van der Waals surface area contributed by atoms with Crippen molar-refractivity contribution in [3.63, 3.8) is 0 Å². The van der Waals surface area contributed by atoms with E-state index in [4.69, 9.17) is 4.74 Å². The Morgan fingerprint density at radius 2 is 1.54 bits per heavy atom. The quantitative estimate of drug-likeness (QED) is 0.503. The maximum Gasteiger partial charge on any atom is 0.408 e. The van der Waals surface area contributed by atoms with Crippen LogP contribution in [0.1, 0.15) is 69.4 Å². The minimum absolute atomic E-state index is 0.0508. The third kappa shape index (κ3) is 5.34. The molecule has 7 nitrogen and oxygen atoms in total. The summed E-state index contributed by atoms with van der Waals surface area (Å²) in [6.45, 7) is 3.92. The highest BCUT2D eigenvalue weighted by atomic mass is 16.5. The number of rotatable bonds is 8. The van der Waals surface area contributed by atoms with E-state index in [1.165, 1.54) is 0 Å². The number of ether oxygens (including phenoxy) is 1. The molecule has 2 aromatic rings. The normalized spacial score (nSPS) is 17.2. The van der Waals surface area contributed by atoms with Crippen molar-refractivity contribution < 1.29 is 24.2 Å². The van der Waals surface area contributed by atoms with Gasteiger partial charge < -0.3 is 20.5 Å². The highest BCUT2D eigenvalue weighted by Gasteiger charge is 2.42. The number of carbonyl (C=O) groups excluding carboxylic acids is 2. The van der Waals surface area contributed by atoms with E-state index in [9.17, 15) is 19.5 Å². The van der Waals surface area contributed by atoms with Gasteiger partial charge in [0.1, 0.15) is 12.1 Å². The van der Waals surface area contributed by atoms with E-state index in [0.29, 0.717) is 12.8 Å². The van der Waals surface area contributed by atoms with E-state index in [2.05, 4.69) is 34.9 Å². The molecule has 0 unspecified atom stereocenters. The molecular formula is C28H34N2O5. The molecule has 4 rings (SSSR count). The molecule has 0 aromatic heterocycles. The molecule has 0 aliphatic heterocycles. The van der Waals surface area contributed by atoms with Gasteiger partial charge in [-0.05, 0) is 41.0 Å². The standard InChI is InChI=1S/C28H34N2O5/c1-18(2)24(16-25(31)32)29-26(33)28(14-8-3-9-15-28)30-27(34)35-17-23-21-12-6-4-10-19(21)20-11-5-7-13-22(20)23/h4-7,10-13,18,23-24H,3,8-9,14-17H2,1-2H3,(H,29,33)(H,30,34)(H,31,32)/t24-/m0/s1. The van der Waals surface area contributed by atoms with Crippen molar-refractivity contribution in [2.45, 2.75) is 69.9 Å². The largest absolute Gasteiger partial charge is 0.481 e. The molecule has 0 saturated heterocycles. The maximum absolute atomic E-state index is 13.4. The summed E-state index contributed by atoms with van der Waals surface area (Å²) in [6.07, 6.45) is 2.82. The average molecular weight is 479 g/mol. The molecule has 1 saturated carbocycles. The van der Waals surface area contributed by atoms with Crippen molar-refractivity contribution in [2.75, 3.05) is 6.61 Å². The first-order chi connectivity index (χ1) is 16.8. The second-order valence-electron chi connectivity index (χ2n) is 10.0. The summed E-state index contributed by atoms with van der Waals surface area (Å²) < 4.78 is 5.71. The van der Waals surface area contributed by atoms with Crippen LogP contribution < -0.4 is 10.6 Å². The summed E-state index contributed by atoms with van der Waals surface area (Å²) in [4.78, 5) is 37.6. The zero-order valence-corrected chi connectivity index (χ0v) is 20.4. The molecule has 2 aliphatic rings. The number of aliphatic carboxylic acids is 1. The molecule has 186 valence electrons. The number of alkyl carbamates (subject to hydrolysis) is 1. The molecule has 3 N–H and O–H groups in total. The molecule has 0 radical (unpaired) electrons.